The van der Waals surface area contributed by atoms with E-state index in [4.69, 9.17) is 5.11 Å². The number of nitrogens with zero attached hydrogens (tertiary/aromatic N) is 1. The zero-order valence-corrected chi connectivity index (χ0v) is 13.2. The summed E-state index contributed by atoms with van der Waals surface area (Å²) in [5.74, 6) is -3.09. The van der Waals surface area contributed by atoms with Crippen LogP contribution in [0.4, 0.5) is 13.2 Å². The molecule has 0 heterocycles. The van der Waals surface area contributed by atoms with E-state index in [-0.39, 0.29) is 24.1 Å². The molecule has 1 aromatic rings. The Morgan fingerprint density at radius 3 is 2.58 bits per heavy atom. The number of hydrogen-bond donors (Lipinski definition) is 1. The van der Waals surface area contributed by atoms with Crippen LogP contribution in [0.3, 0.4) is 0 Å². The Hall–Kier alpha value is -2.25. The molecule has 1 aliphatic rings. The third-order valence-corrected chi connectivity index (χ3v) is 4.00. The van der Waals surface area contributed by atoms with Gasteiger partial charge in [0.25, 0.3) is 0 Å². The number of hydrogen-bond acceptors (Lipinski definition) is 3. The average Bonchev–Trinajstić information content (AvgIpc) is 3.25. The third-order valence-electron chi connectivity index (χ3n) is 4.00. The van der Waals surface area contributed by atoms with E-state index in [0.717, 1.165) is 0 Å². The molecule has 1 aliphatic carbocycles. The Kier molecular flexibility index (Phi) is 5.05. The van der Waals surface area contributed by atoms with E-state index in [1.54, 1.807) is 6.07 Å². The number of rotatable bonds is 6. The van der Waals surface area contributed by atoms with Crippen molar-refractivity contribution in [3.8, 4) is 5.75 Å². The van der Waals surface area contributed by atoms with Gasteiger partial charge >= 0.3 is 12.3 Å². The van der Waals surface area contributed by atoms with Crippen LogP contribution in [0, 0.1) is 11.8 Å². The summed E-state index contributed by atoms with van der Waals surface area (Å²) in [4.78, 5) is 24.5. The minimum atomic E-state index is -4.79. The van der Waals surface area contributed by atoms with Crippen LogP contribution in [0.15, 0.2) is 24.3 Å². The summed E-state index contributed by atoms with van der Waals surface area (Å²) in [5, 5.41) is 8.88. The molecule has 1 fully saturated rings. The van der Waals surface area contributed by atoms with Crippen molar-refractivity contribution < 1.29 is 32.6 Å². The molecule has 0 saturated heterocycles. The van der Waals surface area contributed by atoms with Crippen molar-refractivity contribution in [2.45, 2.75) is 25.6 Å². The first-order valence-corrected chi connectivity index (χ1v) is 7.42. The molecule has 24 heavy (non-hydrogen) atoms. The maximum Gasteiger partial charge on any atom is 0.573 e. The molecule has 0 unspecified atom stereocenters. The lowest BCUT2D eigenvalue weighted by molar-refractivity contribution is -0.274. The lowest BCUT2D eigenvalue weighted by Crippen LogP contribution is -2.34. The van der Waals surface area contributed by atoms with Gasteiger partial charge in [0.2, 0.25) is 5.91 Å². The van der Waals surface area contributed by atoms with Crippen LogP contribution >= 0.6 is 0 Å². The number of aliphatic carboxylic acids is 1. The summed E-state index contributed by atoms with van der Waals surface area (Å²) < 4.78 is 41.4. The zero-order chi connectivity index (χ0) is 18.1. The number of amides is 1. The van der Waals surface area contributed by atoms with Crippen molar-refractivity contribution in [2.75, 3.05) is 13.6 Å². The molecule has 1 saturated carbocycles. The highest BCUT2D eigenvalue weighted by molar-refractivity contribution is 5.83. The second kappa shape index (κ2) is 6.70. The van der Waals surface area contributed by atoms with Crippen LogP contribution in [0.1, 0.15) is 24.8 Å². The molecule has 0 bridgehead atoms. The second-order valence-electron chi connectivity index (χ2n) is 5.99. The molecule has 1 amide bonds. The molecular formula is C16H18F3NO4. The van der Waals surface area contributed by atoms with Gasteiger partial charge in [-0.3, -0.25) is 9.59 Å². The highest BCUT2D eigenvalue weighted by Gasteiger charge is 2.47. The van der Waals surface area contributed by atoms with Crippen molar-refractivity contribution in [3.05, 3.63) is 29.8 Å². The fraction of sp³-hybridized carbons (Fsp3) is 0.500. The number of carboxylic acids is 1. The van der Waals surface area contributed by atoms with E-state index in [0.29, 0.717) is 12.0 Å². The summed E-state index contributed by atoms with van der Waals surface area (Å²) in [5.41, 5.74) is 0.341. The zero-order valence-electron chi connectivity index (χ0n) is 13.2. The van der Waals surface area contributed by atoms with Crippen LogP contribution in [0.25, 0.3) is 0 Å². The SMILES string of the molecule is C[C@H](CN(C)C(=O)[C@H]1C[C@H]1c1ccccc1OC(F)(F)F)C(=O)O. The predicted molar refractivity (Wildman–Crippen MR) is 78.4 cm³/mol. The topological polar surface area (TPSA) is 66.8 Å². The lowest BCUT2D eigenvalue weighted by Gasteiger charge is -2.20. The van der Waals surface area contributed by atoms with Gasteiger partial charge in [-0.25, -0.2) is 0 Å². The Morgan fingerprint density at radius 1 is 1.38 bits per heavy atom. The molecule has 3 atom stereocenters. The van der Waals surface area contributed by atoms with Crippen LogP contribution in [0.5, 0.6) is 5.75 Å². The summed E-state index contributed by atoms with van der Waals surface area (Å²) in [7, 11) is 1.50. The van der Waals surface area contributed by atoms with Crippen LogP contribution < -0.4 is 4.74 Å². The number of alkyl halides is 3. The van der Waals surface area contributed by atoms with Crippen molar-refractivity contribution in [1.29, 1.82) is 0 Å². The fourth-order valence-corrected chi connectivity index (χ4v) is 2.68. The van der Waals surface area contributed by atoms with Gasteiger partial charge in [0.15, 0.2) is 0 Å². The maximum atomic E-state index is 12.5. The number of benzene rings is 1. The average molecular weight is 345 g/mol. The molecule has 0 spiro atoms. The number of carboxylic acid groups (broad SMARTS) is 1. The van der Waals surface area contributed by atoms with Crippen LogP contribution in [-0.4, -0.2) is 41.8 Å². The summed E-state index contributed by atoms with van der Waals surface area (Å²) in [6.45, 7) is 1.54. The van der Waals surface area contributed by atoms with Gasteiger partial charge < -0.3 is 14.7 Å². The molecule has 8 heteroatoms. The Bertz CT molecular complexity index is 632. The predicted octanol–water partition coefficient (Wildman–Crippen LogP) is 2.87. The standard InChI is InChI=1S/C16H18F3NO4/c1-9(15(22)23)8-20(2)14(21)12-7-11(12)10-5-3-4-6-13(10)24-16(17,18)19/h3-6,9,11-12H,7-8H2,1-2H3,(H,22,23)/t9-,11+,12+/m1/s1. The van der Waals surface area contributed by atoms with Gasteiger partial charge in [-0.15, -0.1) is 13.2 Å². The van der Waals surface area contributed by atoms with Crippen molar-refractivity contribution in [3.63, 3.8) is 0 Å². The molecule has 1 aromatic carbocycles. The number of carbonyl (C=O) groups is 2. The molecule has 0 radical (unpaired) electrons. The maximum absolute atomic E-state index is 12.5. The Labute approximate surface area is 137 Å². The number of halogens is 3. The highest BCUT2D eigenvalue weighted by Crippen LogP contribution is 2.51. The van der Waals surface area contributed by atoms with E-state index in [1.165, 1.54) is 37.1 Å². The summed E-state index contributed by atoms with van der Waals surface area (Å²) >= 11 is 0. The Balaban J connectivity index is 2.05. The minimum Gasteiger partial charge on any atom is -0.481 e. The van der Waals surface area contributed by atoms with Gasteiger partial charge in [0, 0.05) is 19.5 Å². The monoisotopic (exact) mass is 345 g/mol. The van der Waals surface area contributed by atoms with Crippen molar-refractivity contribution >= 4 is 11.9 Å². The van der Waals surface area contributed by atoms with E-state index >= 15 is 0 Å². The van der Waals surface area contributed by atoms with Crippen molar-refractivity contribution in [1.82, 2.24) is 4.90 Å². The van der Waals surface area contributed by atoms with Gasteiger partial charge in [-0.2, -0.15) is 0 Å². The van der Waals surface area contributed by atoms with Crippen molar-refractivity contribution in [2.24, 2.45) is 11.8 Å². The van der Waals surface area contributed by atoms with E-state index in [2.05, 4.69) is 4.74 Å². The normalized spacial score (nSPS) is 21.0. The van der Waals surface area contributed by atoms with Gasteiger partial charge in [0.05, 0.1) is 5.92 Å². The molecule has 2 rings (SSSR count). The molecule has 5 nitrogen and oxygen atoms in total. The highest BCUT2D eigenvalue weighted by atomic mass is 19.4. The van der Waals surface area contributed by atoms with Crippen LogP contribution in [0.2, 0.25) is 0 Å². The first-order valence-electron chi connectivity index (χ1n) is 7.42. The number of ether oxygens (including phenoxy) is 1. The number of para-hydroxylation sites is 1. The van der Waals surface area contributed by atoms with E-state index < -0.39 is 24.2 Å². The fourth-order valence-electron chi connectivity index (χ4n) is 2.68. The largest absolute Gasteiger partial charge is 0.573 e. The first-order chi connectivity index (χ1) is 11.1. The summed E-state index contributed by atoms with van der Waals surface area (Å²) in [6.07, 6.45) is -4.37. The van der Waals surface area contributed by atoms with Gasteiger partial charge in [-0.1, -0.05) is 25.1 Å². The van der Waals surface area contributed by atoms with Gasteiger partial charge in [0.1, 0.15) is 5.75 Å². The molecule has 1 N–H and O–H groups in total. The first kappa shape index (κ1) is 18.1. The minimum absolute atomic E-state index is 0.0537. The molecular weight excluding hydrogens is 327 g/mol. The molecule has 0 aromatic heterocycles. The van der Waals surface area contributed by atoms with E-state index in [1.807, 2.05) is 0 Å². The number of carbonyl (C=O) groups excluding carboxylic acids is 1. The third kappa shape index (κ3) is 4.39. The molecule has 0 aliphatic heterocycles. The smallest absolute Gasteiger partial charge is 0.481 e. The van der Waals surface area contributed by atoms with Gasteiger partial charge in [-0.05, 0) is 24.0 Å². The Morgan fingerprint density at radius 2 is 2.00 bits per heavy atom. The molecule has 132 valence electrons. The summed E-state index contributed by atoms with van der Waals surface area (Å²) in [6, 6.07) is 5.76. The quantitative estimate of drug-likeness (QED) is 0.861. The van der Waals surface area contributed by atoms with Crippen LogP contribution in [-0.2, 0) is 9.59 Å². The van der Waals surface area contributed by atoms with E-state index in [9.17, 15) is 22.8 Å². The lowest BCUT2D eigenvalue weighted by atomic mass is 10.1. The second-order valence-corrected chi connectivity index (χ2v) is 5.99.